The number of alkyl halides is 2. The fourth-order valence-corrected chi connectivity index (χ4v) is 0.908. The van der Waals surface area contributed by atoms with E-state index >= 15 is 0 Å². The van der Waals surface area contributed by atoms with Crippen LogP contribution in [0.15, 0.2) is 24.3 Å². The van der Waals surface area contributed by atoms with Gasteiger partial charge in [0.05, 0.1) is 11.6 Å². The van der Waals surface area contributed by atoms with Crippen molar-refractivity contribution in [3.63, 3.8) is 0 Å². The number of nitrogens with zero attached hydrogens (tertiary/aromatic N) is 1. The maximum atomic E-state index is 12.9. The number of nitrogens with two attached hydrogens (primary N) is 1. The molecule has 0 bridgehead atoms. The minimum Gasteiger partial charge on any atom is -0.425 e. The highest BCUT2D eigenvalue weighted by Gasteiger charge is 2.41. The molecule has 84 valence electrons. The van der Waals surface area contributed by atoms with Crippen LogP contribution in [0.3, 0.4) is 0 Å². The first-order valence-electron chi connectivity index (χ1n) is 4.07. The summed E-state index contributed by atoms with van der Waals surface area (Å²) in [6.07, 6.45) is -4.08. The van der Waals surface area contributed by atoms with Crippen LogP contribution in [0.4, 0.5) is 8.78 Å². The van der Waals surface area contributed by atoms with Crippen molar-refractivity contribution in [2.24, 2.45) is 5.84 Å². The molecular weight excluding hydrogens is 220 g/mol. The summed E-state index contributed by atoms with van der Waals surface area (Å²) in [5.74, 6) is 2.49. The highest BCUT2D eigenvalue weighted by molar-refractivity contribution is 5.81. The Morgan fingerprint density at radius 2 is 2.25 bits per heavy atom. The van der Waals surface area contributed by atoms with Crippen molar-refractivity contribution in [3.8, 4) is 11.8 Å². The Balaban J connectivity index is 2.88. The van der Waals surface area contributed by atoms with E-state index < -0.39 is 12.0 Å². The topological polar surface area (TPSA) is 88.1 Å². The summed E-state index contributed by atoms with van der Waals surface area (Å²) in [6, 6.07) is 6.78. The van der Waals surface area contributed by atoms with Crippen molar-refractivity contribution in [2.75, 3.05) is 0 Å². The largest absolute Gasteiger partial charge is 0.483 e. The number of halogens is 2. The molecule has 0 fully saturated rings. The first-order valence-corrected chi connectivity index (χ1v) is 4.07. The van der Waals surface area contributed by atoms with E-state index in [0.29, 0.717) is 0 Å². The number of carbonyl (C=O) groups is 1. The second-order valence-corrected chi connectivity index (χ2v) is 2.73. The lowest BCUT2D eigenvalue weighted by Gasteiger charge is -2.15. The monoisotopic (exact) mass is 227 g/mol. The van der Waals surface area contributed by atoms with Crippen LogP contribution in [0.5, 0.6) is 5.75 Å². The standard InChI is InChI=1S/C9H7F2N3O2/c10-9(11,8(15)14-13)16-7-3-1-2-6(4-7)5-12/h1-4H,13H2,(H,14,15). The second-order valence-electron chi connectivity index (χ2n) is 2.73. The van der Waals surface area contributed by atoms with Crippen molar-refractivity contribution in [2.45, 2.75) is 6.11 Å². The molecule has 0 unspecified atom stereocenters. The Morgan fingerprint density at radius 1 is 1.56 bits per heavy atom. The van der Waals surface area contributed by atoms with E-state index in [2.05, 4.69) is 10.6 Å². The molecule has 3 N–H and O–H groups in total. The van der Waals surface area contributed by atoms with Gasteiger partial charge in [-0.05, 0) is 18.2 Å². The number of nitriles is 1. The number of amides is 1. The first kappa shape index (κ1) is 11.9. The van der Waals surface area contributed by atoms with Gasteiger partial charge in [0.25, 0.3) is 0 Å². The van der Waals surface area contributed by atoms with Crippen molar-refractivity contribution in [1.29, 1.82) is 5.26 Å². The Labute approximate surface area is 89.4 Å². The van der Waals surface area contributed by atoms with Crippen LogP contribution >= 0.6 is 0 Å². The van der Waals surface area contributed by atoms with E-state index in [1.165, 1.54) is 23.6 Å². The number of rotatable bonds is 3. The third-order valence-corrected chi connectivity index (χ3v) is 1.60. The van der Waals surface area contributed by atoms with Crippen LogP contribution in [-0.4, -0.2) is 12.0 Å². The van der Waals surface area contributed by atoms with E-state index in [1.807, 2.05) is 0 Å². The van der Waals surface area contributed by atoms with Gasteiger partial charge in [0.2, 0.25) is 0 Å². The molecule has 0 saturated heterocycles. The third kappa shape index (κ3) is 2.65. The second kappa shape index (κ2) is 4.55. The highest BCUT2D eigenvalue weighted by atomic mass is 19.3. The molecule has 0 aliphatic carbocycles. The van der Waals surface area contributed by atoms with Gasteiger partial charge in [-0.2, -0.15) is 14.0 Å². The SMILES string of the molecule is N#Cc1cccc(OC(F)(F)C(=O)NN)c1. The first-order chi connectivity index (χ1) is 7.49. The molecule has 0 heterocycles. The smallest absolute Gasteiger partial charge is 0.425 e. The number of nitrogens with one attached hydrogen (secondary N) is 1. The fourth-order valence-electron chi connectivity index (χ4n) is 0.908. The van der Waals surface area contributed by atoms with E-state index in [9.17, 15) is 13.6 Å². The molecule has 0 aromatic heterocycles. The van der Waals surface area contributed by atoms with Crippen molar-refractivity contribution in [1.82, 2.24) is 5.43 Å². The fraction of sp³-hybridized carbons (Fsp3) is 0.111. The van der Waals surface area contributed by atoms with Crippen LogP contribution in [-0.2, 0) is 4.79 Å². The Bertz CT molecular complexity index is 443. The molecule has 16 heavy (non-hydrogen) atoms. The highest BCUT2D eigenvalue weighted by Crippen LogP contribution is 2.22. The van der Waals surface area contributed by atoms with Gasteiger partial charge in [-0.15, -0.1) is 0 Å². The van der Waals surface area contributed by atoms with Gasteiger partial charge in [-0.1, -0.05) is 6.07 Å². The lowest BCUT2D eigenvalue weighted by Crippen LogP contribution is -2.47. The number of hydrogen-bond donors (Lipinski definition) is 2. The summed E-state index contributed by atoms with van der Waals surface area (Å²) < 4.78 is 30.0. The quantitative estimate of drug-likeness (QED) is 0.447. The summed E-state index contributed by atoms with van der Waals surface area (Å²) in [5.41, 5.74) is 1.42. The zero-order valence-electron chi connectivity index (χ0n) is 7.91. The summed E-state index contributed by atoms with van der Waals surface area (Å²) >= 11 is 0. The summed E-state index contributed by atoms with van der Waals surface area (Å²) in [6.45, 7) is 0. The lowest BCUT2D eigenvalue weighted by molar-refractivity contribution is -0.192. The van der Waals surface area contributed by atoms with Crippen molar-refractivity contribution < 1.29 is 18.3 Å². The number of carbonyl (C=O) groups excluding carboxylic acids is 1. The Hall–Kier alpha value is -2.20. The zero-order valence-corrected chi connectivity index (χ0v) is 7.91. The van der Waals surface area contributed by atoms with Crippen LogP contribution in [0.25, 0.3) is 0 Å². The number of ether oxygens (including phenoxy) is 1. The molecule has 0 radical (unpaired) electrons. The zero-order chi connectivity index (χ0) is 12.2. The predicted molar refractivity (Wildman–Crippen MR) is 49.1 cm³/mol. The van der Waals surface area contributed by atoms with Crippen LogP contribution in [0.2, 0.25) is 0 Å². The van der Waals surface area contributed by atoms with Crippen molar-refractivity contribution in [3.05, 3.63) is 29.8 Å². The van der Waals surface area contributed by atoms with Gasteiger partial charge in [0.1, 0.15) is 5.75 Å². The van der Waals surface area contributed by atoms with Gasteiger partial charge in [-0.3, -0.25) is 10.2 Å². The van der Waals surface area contributed by atoms with Crippen LogP contribution in [0.1, 0.15) is 5.56 Å². The van der Waals surface area contributed by atoms with Crippen LogP contribution in [0, 0.1) is 11.3 Å². The Kier molecular flexibility index (Phi) is 3.37. The third-order valence-electron chi connectivity index (χ3n) is 1.60. The van der Waals surface area contributed by atoms with Gasteiger partial charge in [0, 0.05) is 0 Å². The van der Waals surface area contributed by atoms with Crippen LogP contribution < -0.4 is 16.0 Å². The van der Waals surface area contributed by atoms with E-state index in [-0.39, 0.29) is 11.3 Å². The molecule has 7 heteroatoms. The van der Waals surface area contributed by atoms with Crippen molar-refractivity contribution >= 4 is 5.91 Å². The van der Waals surface area contributed by atoms with E-state index in [0.717, 1.165) is 6.07 Å². The molecule has 0 aliphatic rings. The average Bonchev–Trinajstić information content (AvgIpc) is 2.27. The van der Waals surface area contributed by atoms with E-state index in [4.69, 9.17) is 5.26 Å². The molecule has 1 aromatic carbocycles. The molecule has 1 rings (SSSR count). The maximum absolute atomic E-state index is 12.9. The molecule has 0 spiro atoms. The minimum atomic E-state index is -4.08. The molecule has 0 aliphatic heterocycles. The summed E-state index contributed by atoms with van der Waals surface area (Å²) in [7, 11) is 0. The Morgan fingerprint density at radius 3 is 2.81 bits per heavy atom. The molecular formula is C9H7F2N3O2. The maximum Gasteiger partial charge on any atom is 0.483 e. The number of hydrazine groups is 1. The van der Waals surface area contributed by atoms with Gasteiger partial charge >= 0.3 is 12.0 Å². The number of hydrogen-bond acceptors (Lipinski definition) is 4. The molecule has 5 nitrogen and oxygen atoms in total. The average molecular weight is 227 g/mol. The molecule has 0 atom stereocenters. The molecule has 1 aromatic rings. The van der Waals surface area contributed by atoms with Gasteiger partial charge in [-0.25, -0.2) is 5.84 Å². The molecule has 1 amide bonds. The minimum absolute atomic E-state index is 0.140. The van der Waals surface area contributed by atoms with Gasteiger partial charge < -0.3 is 4.74 Å². The summed E-state index contributed by atoms with van der Waals surface area (Å²) in [4.78, 5) is 10.6. The summed E-state index contributed by atoms with van der Waals surface area (Å²) in [5, 5.41) is 8.52. The normalized spacial score (nSPS) is 10.4. The number of benzene rings is 1. The molecule has 0 saturated carbocycles. The van der Waals surface area contributed by atoms with Gasteiger partial charge in [0.15, 0.2) is 0 Å². The lowest BCUT2D eigenvalue weighted by atomic mass is 10.2. The van der Waals surface area contributed by atoms with E-state index in [1.54, 1.807) is 6.07 Å². The predicted octanol–water partition coefficient (Wildman–Crippen LogP) is 0.520.